The van der Waals surface area contributed by atoms with Crippen LogP contribution in [0.4, 0.5) is 0 Å². The molecule has 0 N–H and O–H groups in total. The van der Waals surface area contributed by atoms with Crippen molar-refractivity contribution in [3.8, 4) is 0 Å². The zero-order valence-electron chi connectivity index (χ0n) is 9.73. The average molecular weight is 434 g/mol. The van der Waals surface area contributed by atoms with Gasteiger partial charge in [-0.3, -0.25) is 0 Å². The van der Waals surface area contributed by atoms with Gasteiger partial charge in [0, 0.05) is 11.3 Å². The van der Waals surface area contributed by atoms with Gasteiger partial charge in [0.1, 0.15) is 11.3 Å². The van der Waals surface area contributed by atoms with Crippen molar-refractivity contribution >= 4 is 11.0 Å². The van der Waals surface area contributed by atoms with E-state index in [4.69, 9.17) is 4.42 Å². The molecule has 1 aliphatic rings. The third-order valence-corrected chi connectivity index (χ3v) is 3.06. The maximum Gasteiger partial charge on any atom is 1.00 e. The van der Waals surface area contributed by atoms with E-state index in [1.54, 1.807) is 0 Å². The Balaban J connectivity index is 0.000000722. The summed E-state index contributed by atoms with van der Waals surface area (Å²) in [5.41, 5.74) is 1.01. The number of benzene rings is 1. The van der Waals surface area contributed by atoms with Crippen LogP contribution in [0.1, 0.15) is 30.9 Å². The molecule has 1 atom stereocenters. The second kappa shape index (κ2) is 6.60. The molecule has 1 aromatic carbocycles. The first-order valence-electron chi connectivity index (χ1n) is 5.58. The third kappa shape index (κ3) is 3.14. The first-order valence-corrected chi connectivity index (χ1v) is 5.58. The number of rotatable bonds is 1. The quantitative estimate of drug-likeness (QED) is 0.487. The predicted molar refractivity (Wildman–Crippen MR) is 61.9 cm³/mol. The molecule has 0 aliphatic heterocycles. The number of fused-ring (bicyclic) bond motifs is 1. The van der Waals surface area contributed by atoms with Gasteiger partial charge in [-0.05, 0) is 31.4 Å². The molecule has 0 amide bonds. The average Bonchev–Trinajstić information content (AvgIpc) is 2.74. The number of allylic oxidation sites excluding steroid dienone is 2. The van der Waals surface area contributed by atoms with Crippen LogP contribution < -0.4 is 12.4 Å². The molecule has 1 aliphatic carbocycles. The van der Waals surface area contributed by atoms with E-state index in [-0.39, 0.29) is 40.1 Å². The Hall–Kier alpha value is -0.275. The van der Waals surface area contributed by atoms with Gasteiger partial charge in [-0.15, -0.1) is 0 Å². The standard InChI is InChI=1S/C14H14O.ClH.Hg/c1-2-6-11(7-3-1)14-10-12-8-4-5-9-13(12)15-14;;/h2,4-6,8-11H,1,3,7H2;1H;/q;;+1/p-1. The number of halogens is 1. The molecule has 0 saturated heterocycles. The minimum absolute atomic E-state index is 0. The Bertz CT molecular complexity index is 471. The van der Waals surface area contributed by atoms with Gasteiger partial charge in [0.05, 0.1) is 0 Å². The fourth-order valence-corrected chi connectivity index (χ4v) is 2.23. The summed E-state index contributed by atoms with van der Waals surface area (Å²) in [6, 6.07) is 10.4. The molecule has 0 spiro atoms. The van der Waals surface area contributed by atoms with Crippen molar-refractivity contribution in [2.75, 3.05) is 0 Å². The smallest absolute Gasteiger partial charge is 1.00 e. The summed E-state index contributed by atoms with van der Waals surface area (Å²) >= 11 is 0. The first-order chi connectivity index (χ1) is 7.43. The van der Waals surface area contributed by atoms with Crippen molar-refractivity contribution in [3.05, 3.63) is 48.2 Å². The Morgan fingerprint density at radius 1 is 1.18 bits per heavy atom. The van der Waals surface area contributed by atoms with Gasteiger partial charge in [0.2, 0.25) is 0 Å². The van der Waals surface area contributed by atoms with Crippen molar-refractivity contribution in [3.63, 3.8) is 0 Å². The summed E-state index contributed by atoms with van der Waals surface area (Å²) < 4.78 is 5.86. The normalized spacial score (nSPS) is 18.5. The van der Waals surface area contributed by atoms with Gasteiger partial charge in [-0.1, -0.05) is 30.4 Å². The van der Waals surface area contributed by atoms with Crippen molar-refractivity contribution < 1.29 is 44.5 Å². The van der Waals surface area contributed by atoms with Crippen LogP contribution in [0.5, 0.6) is 0 Å². The van der Waals surface area contributed by atoms with E-state index in [0.717, 1.165) is 11.3 Å². The Morgan fingerprint density at radius 3 is 2.71 bits per heavy atom. The molecule has 0 bridgehead atoms. The first kappa shape index (κ1) is 14.8. The van der Waals surface area contributed by atoms with Crippen LogP contribution in [0.25, 0.3) is 11.0 Å². The molecule has 2 aromatic rings. The van der Waals surface area contributed by atoms with Crippen LogP contribution in [-0.2, 0) is 27.7 Å². The maximum absolute atomic E-state index is 5.86. The topological polar surface area (TPSA) is 13.1 Å². The van der Waals surface area contributed by atoms with Crippen LogP contribution in [0.15, 0.2) is 46.9 Å². The molecule has 17 heavy (non-hydrogen) atoms. The monoisotopic (exact) mass is 435 g/mol. The van der Waals surface area contributed by atoms with E-state index in [1.807, 2.05) is 12.1 Å². The van der Waals surface area contributed by atoms with Gasteiger partial charge >= 0.3 is 27.7 Å². The van der Waals surface area contributed by atoms with Crippen LogP contribution in [-0.4, -0.2) is 0 Å². The van der Waals surface area contributed by atoms with Crippen molar-refractivity contribution in [2.45, 2.75) is 25.2 Å². The molecule has 3 rings (SSSR count). The minimum Gasteiger partial charge on any atom is -1.00 e. The number of hydrogen-bond donors (Lipinski definition) is 0. The van der Waals surface area contributed by atoms with Gasteiger partial charge in [0.25, 0.3) is 0 Å². The Kier molecular flexibility index (Phi) is 5.74. The van der Waals surface area contributed by atoms with E-state index < -0.39 is 0 Å². The number of furan rings is 1. The number of hydrogen-bond acceptors (Lipinski definition) is 1. The van der Waals surface area contributed by atoms with E-state index in [0.29, 0.717) is 5.92 Å². The summed E-state index contributed by atoms with van der Waals surface area (Å²) in [4.78, 5) is 0. The minimum atomic E-state index is 0. The molecule has 0 fully saturated rings. The SMILES string of the molecule is C1=CC(c2cc3ccccc3o2)CCC1.[Cl-].[Hg+]. The number of para-hydroxylation sites is 1. The summed E-state index contributed by atoms with van der Waals surface area (Å²) in [7, 11) is 0. The van der Waals surface area contributed by atoms with Crippen LogP contribution in [0.3, 0.4) is 0 Å². The van der Waals surface area contributed by atoms with E-state index >= 15 is 0 Å². The maximum atomic E-state index is 5.86. The van der Waals surface area contributed by atoms with E-state index in [2.05, 4.69) is 30.4 Å². The molecule has 0 saturated carbocycles. The van der Waals surface area contributed by atoms with Gasteiger partial charge in [-0.25, -0.2) is 0 Å². The van der Waals surface area contributed by atoms with Gasteiger partial charge < -0.3 is 16.8 Å². The summed E-state index contributed by atoms with van der Waals surface area (Å²) in [6.07, 6.45) is 8.26. The summed E-state index contributed by atoms with van der Waals surface area (Å²) in [6.45, 7) is 0. The Labute approximate surface area is 128 Å². The third-order valence-electron chi connectivity index (χ3n) is 3.06. The van der Waals surface area contributed by atoms with Crippen LogP contribution >= 0.6 is 0 Å². The largest absolute Gasteiger partial charge is 1.00 e. The van der Waals surface area contributed by atoms with Crippen molar-refractivity contribution in [1.82, 2.24) is 0 Å². The molecule has 1 unspecified atom stereocenters. The zero-order valence-corrected chi connectivity index (χ0v) is 16.0. The van der Waals surface area contributed by atoms with E-state index in [9.17, 15) is 0 Å². The van der Waals surface area contributed by atoms with Crippen molar-refractivity contribution in [1.29, 1.82) is 0 Å². The second-order valence-corrected chi connectivity index (χ2v) is 4.15. The fraction of sp³-hybridized carbons (Fsp3) is 0.286. The van der Waals surface area contributed by atoms with Crippen molar-refractivity contribution in [2.24, 2.45) is 0 Å². The molecular formula is C14H14ClHgO. The fourth-order valence-electron chi connectivity index (χ4n) is 2.23. The van der Waals surface area contributed by atoms with E-state index in [1.165, 1.54) is 24.6 Å². The summed E-state index contributed by atoms with van der Waals surface area (Å²) in [5, 5.41) is 1.21. The van der Waals surface area contributed by atoms with Gasteiger partial charge in [0.15, 0.2) is 0 Å². The second-order valence-electron chi connectivity index (χ2n) is 4.15. The summed E-state index contributed by atoms with van der Waals surface area (Å²) in [5.74, 6) is 1.61. The van der Waals surface area contributed by atoms with Crippen LogP contribution in [0.2, 0.25) is 0 Å². The molecule has 85 valence electrons. The van der Waals surface area contributed by atoms with Crippen LogP contribution in [0, 0.1) is 0 Å². The van der Waals surface area contributed by atoms with Gasteiger partial charge in [-0.2, -0.15) is 0 Å². The molecule has 1 aromatic heterocycles. The molecule has 1 nitrogen and oxygen atoms in total. The zero-order chi connectivity index (χ0) is 10.1. The Morgan fingerprint density at radius 2 is 2.00 bits per heavy atom. The molecule has 1 heterocycles. The predicted octanol–water partition coefficient (Wildman–Crippen LogP) is 1.26. The molecule has 3 heteroatoms. The molecule has 1 radical (unpaired) electrons. The molecular weight excluding hydrogens is 420 g/mol.